The molecule has 0 radical (unpaired) electrons. The van der Waals surface area contributed by atoms with Gasteiger partial charge in [0.15, 0.2) is 0 Å². The number of likely N-dealkylation sites (tertiary alicyclic amines) is 1. The Bertz CT molecular complexity index is 237. The van der Waals surface area contributed by atoms with E-state index < -0.39 is 0 Å². The number of unbranched alkanes of at least 4 members (excludes halogenated alkanes) is 1. The number of piperidine rings is 1. The molecule has 1 saturated heterocycles. The van der Waals surface area contributed by atoms with E-state index in [0.717, 1.165) is 31.8 Å². The van der Waals surface area contributed by atoms with E-state index in [1.807, 2.05) is 0 Å². The third-order valence-corrected chi connectivity index (χ3v) is 3.73. The summed E-state index contributed by atoms with van der Waals surface area (Å²) < 4.78 is 0. The second-order valence-corrected chi connectivity index (χ2v) is 5.33. The summed E-state index contributed by atoms with van der Waals surface area (Å²) in [5.74, 6) is 1.24. The van der Waals surface area contributed by atoms with Crippen molar-refractivity contribution in [3.63, 3.8) is 0 Å². The summed E-state index contributed by atoms with van der Waals surface area (Å²) in [5, 5.41) is 14.8. The van der Waals surface area contributed by atoms with Gasteiger partial charge in [-0.3, -0.25) is 0 Å². The predicted molar refractivity (Wildman–Crippen MR) is 75.0 cm³/mol. The van der Waals surface area contributed by atoms with E-state index in [0.29, 0.717) is 12.3 Å². The third-order valence-electron chi connectivity index (χ3n) is 3.73. The van der Waals surface area contributed by atoms with Crippen molar-refractivity contribution in [2.75, 3.05) is 33.2 Å². The largest absolute Gasteiger partial charge is 0.409 e. The smallest absolute Gasteiger partial charge is 0.139 e. The third kappa shape index (κ3) is 6.81. The number of nitrogens with zero attached hydrogens (tertiary/aromatic N) is 2. The number of rotatable bonds is 8. The molecule has 1 fully saturated rings. The zero-order valence-electron chi connectivity index (χ0n) is 11.6. The molecule has 0 unspecified atom stereocenters. The Morgan fingerprint density at radius 2 is 2.06 bits per heavy atom. The van der Waals surface area contributed by atoms with Gasteiger partial charge in [-0.15, -0.1) is 0 Å². The van der Waals surface area contributed by atoms with E-state index in [4.69, 9.17) is 10.9 Å². The summed E-state index contributed by atoms with van der Waals surface area (Å²) in [6.07, 6.45) is 6.76. The molecule has 1 rings (SSSR count). The summed E-state index contributed by atoms with van der Waals surface area (Å²) in [5.41, 5.74) is 5.40. The number of nitrogens with one attached hydrogen (secondary N) is 1. The normalized spacial score (nSPS) is 19.3. The molecule has 5 heteroatoms. The maximum absolute atomic E-state index is 8.38. The molecule has 1 aliphatic rings. The zero-order chi connectivity index (χ0) is 13.2. The van der Waals surface area contributed by atoms with E-state index in [2.05, 4.69) is 22.4 Å². The fourth-order valence-corrected chi connectivity index (χ4v) is 2.39. The topological polar surface area (TPSA) is 73.9 Å². The number of oxime groups is 1. The maximum Gasteiger partial charge on any atom is 0.139 e. The molecule has 0 saturated carbocycles. The highest BCUT2D eigenvalue weighted by Crippen LogP contribution is 2.18. The molecule has 0 amide bonds. The summed E-state index contributed by atoms with van der Waals surface area (Å²) in [6.45, 7) is 4.66. The highest BCUT2D eigenvalue weighted by Gasteiger charge is 2.15. The molecule has 1 heterocycles. The molecule has 5 nitrogen and oxygen atoms in total. The van der Waals surface area contributed by atoms with Crippen LogP contribution in [-0.4, -0.2) is 49.2 Å². The van der Waals surface area contributed by atoms with Gasteiger partial charge >= 0.3 is 0 Å². The van der Waals surface area contributed by atoms with Crippen LogP contribution in [0.15, 0.2) is 5.16 Å². The van der Waals surface area contributed by atoms with Gasteiger partial charge in [0.05, 0.1) is 0 Å². The van der Waals surface area contributed by atoms with Crippen LogP contribution in [0.5, 0.6) is 0 Å². The minimum Gasteiger partial charge on any atom is -0.409 e. The lowest BCUT2D eigenvalue weighted by Gasteiger charge is -2.28. The van der Waals surface area contributed by atoms with Gasteiger partial charge in [0, 0.05) is 6.42 Å². The predicted octanol–water partition coefficient (Wildman–Crippen LogP) is 1.22. The maximum atomic E-state index is 8.38. The van der Waals surface area contributed by atoms with E-state index in [9.17, 15) is 0 Å². The molecule has 0 aromatic heterocycles. The minimum atomic E-state index is 0.335. The molecule has 18 heavy (non-hydrogen) atoms. The number of hydrogen-bond donors (Lipinski definition) is 3. The van der Waals surface area contributed by atoms with Crippen LogP contribution in [0.25, 0.3) is 0 Å². The SMILES string of the molecule is CN1CCC(CCNCCCCC(N)=NO)CC1. The molecule has 106 valence electrons. The standard InChI is InChI=1S/C13H28N4O/c1-17-10-6-12(7-11-17)5-9-15-8-3-2-4-13(14)16-18/h12,15,18H,2-11H2,1H3,(H2,14,16). The lowest BCUT2D eigenvalue weighted by Crippen LogP contribution is -2.31. The number of nitrogens with two attached hydrogens (primary N) is 1. The van der Waals surface area contributed by atoms with Crippen molar-refractivity contribution in [2.45, 2.75) is 38.5 Å². The minimum absolute atomic E-state index is 0.335. The lowest BCUT2D eigenvalue weighted by molar-refractivity contribution is 0.211. The lowest BCUT2D eigenvalue weighted by atomic mass is 9.94. The summed E-state index contributed by atoms with van der Waals surface area (Å²) in [4.78, 5) is 2.41. The van der Waals surface area contributed by atoms with E-state index in [1.165, 1.54) is 32.4 Å². The second kappa shape index (κ2) is 9.16. The highest BCUT2D eigenvalue weighted by molar-refractivity contribution is 5.79. The average molecular weight is 256 g/mol. The van der Waals surface area contributed by atoms with Crippen molar-refractivity contribution in [2.24, 2.45) is 16.8 Å². The van der Waals surface area contributed by atoms with E-state index in [1.54, 1.807) is 0 Å². The molecule has 0 atom stereocenters. The van der Waals surface area contributed by atoms with Gasteiger partial charge in [0.1, 0.15) is 5.84 Å². The van der Waals surface area contributed by atoms with Gasteiger partial charge < -0.3 is 21.2 Å². The van der Waals surface area contributed by atoms with Crippen molar-refractivity contribution >= 4 is 5.84 Å². The van der Waals surface area contributed by atoms with Gasteiger partial charge in [0.2, 0.25) is 0 Å². The Morgan fingerprint density at radius 1 is 1.33 bits per heavy atom. The molecular formula is C13H28N4O. The summed E-state index contributed by atoms with van der Waals surface area (Å²) in [7, 11) is 2.20. The molecule has 0 bridgehead atoms. The summed E-state index contributed by atoms with van der Waals surface area (Å²) >= 11 is 0. The molecule has 0 aromatic rings. The Kier molecular flexibility index (Phi) is 7.76. The van der Waals surface area contributed by atoms with Crippen LogP contribution in [0.4, 0.5) is 0 Å². The van der Waals surface area contributed by atoms with Crippen molar-refractivity contribution in [3.05, 3.63) is 0 Å². The molecule has 0 aromatic carbocycles. The number of hydrogen-bond acceptors (Lipinski definition) is 4. The Hall–Kier alpha value is -0.810. The monoisotopic (exact) mass is 256 g/mol. The van der Waals surface area contributed by atoms with Crippen molar-refractivity contribution in [3.8, 4) is 0 Å². The van der Waals surface area contributed by atoms with Crippen LogP contribution >= 0.6 is 0 Å². The Labute approximate surface area is 110 Å². The van der Waals surface area contributed by atoms with E-state index >= 15 is 0 Å². The second-order valence-electron chi connectivity index (χ2n) is 5.33. The molecule has 0 spiro atoms. The fraction of sp³-hybridized carbons (Fsp3) is 0.923. The van der Waals surface area contributed by atoms with Crippen molar-refractivity contribution in [1.29, 1.82) is 0 Å². The van der Waals surface area contributed by atoms with Crippen LogP contribution < -0.4 is 11.1 Å². The first kappa shape index (κ1) is 15.2. The van der Waals surface area contributed by atoms with Gasteiger partial charge in [-0.2, -0.15) is 0 Å². The van der Waals surface area contributed by atoms with Crippen molar-refractivity contribution < 1.29 is 5.21 Å². The van der Waals surface area contributed by atoms with Gasteiger partial charge in [-0.05, 0) is 71.2 Å². The Balaban J connectivity index is 1.87. The first-order chi connectivity index (χ1) is 8.72. The molecular weight excluding hydrogens is 228 g/mol. The van der Waals surface area contributed by atoms with E-state index in [-0.39, 0.29) is 0 Å². The van der Waals surface area contributed by atoms with Crippen LogP contribution in [-0.2, 0) is 0 Å². The number of amidine groups is 1. The molecule has 4 N–H and O–H groups in total. The Morgan fingerprint density at radius 3 is 2.72 bits per heavy atom. The van der Waals surface area contributed by atoms with Crippen LogP contribution in [0, 0.1) is 5.92 Å². The highest BCUT2D eigenvalue weighted by atomic mass is 16.4. The van der Waals surface area contributed by atoms with Gasteiger partial charge in [0.25, 0.3) is 0 Å². The van der Waals surface area contributed by atoms with Crippen LogP contribution in [0.1, 0.15) is 38.5 Å². The fourth-order valence-electron chi connectivity index (χ4n) is 2.39. The summed E-state index contributed by atoms with van der Waals surface area (Å²) in [6, 6.07) is 0. The van der Waals surface area contributed by atoms with Crippen LogP contribution in [0.2, 0.25) is 0 Å². The molecule has 1 aliphatic heterocycles. The quantitative estimate of drug-likeness (QED) is 0.201. The van der Waals surface area contributed by atoms with Crippen molar-refractivity contribution in [1.82, 2.24) is 10.2 Å². The molecule has 0 aliphatic carbocycles. The first-order valence-corrected chi connectivity index (χ1v) is 7.08. The first-order valence-electron chi connectivity index (χ1n) is 7.08. The van der Waals surface area contributed by atoms with Crippen LogP contribution in [0.3, 0.4) is 0 Å². The van der Waals surface area contributed by atoms with Gasteiger partial charge in [-0.25, -0.2) is 0 Å². The van der Waals surface area contributed by atoms with Gasteiger partial charge in [-0.1, -0.05) is 5.16 Å². The zero-order valence-corrected chi connectivity index (χ0v) is 11.6. The average Bonchev–Trinajstić information content (AvgIpc) is 2.39.